The molecular weight excluding hydrogens is 1580 g/mol. The summed E-state index contributed by atoms with van der Waals surface area (Å²) in [5.74, 6) is 0. The normalized spacial score (nSPS) is 12.1. The van der Waals surface area contributed by atoms with E-state index in [0.29, 0.717) is 0 Å². The van der Waals surface area contributed by atoms with Crippen LogP contribution in [0.1, 0.15) is 0 Å². The Bertz CT molecular complexity index is 8660. The van der Waals surface area contributed by atoms with Gasteiger partial charge in [-0.1, -0.05) is 346 Å². The van der Waals surface area contributed by atoms with Crippen molar-refractivity contribution >= 4 is 206 Å². The first-order valence-corrected chi connectivity index (χ1v) is 47.1. The van der Waals surface area contributed by atoms with Gasteiger partial charge in [0.15, 0.2) is 21.4 Å². The van der Waals surface area contributed by atoms with Gasteiger partial charge in [0.2, 0.25) is 0 Å². The molecule has 0 bridgehead atoms. The summed E-state index contributed by atoms with van der Waals surface area (Å²) in [5.41, 5.74) is 16.9. The van der Waals surface area contributed by atoms with Crippen LogP contribution in [0.3, 0.4) is 0 Å². The van der Waals surface area contributed by atoms with Gasteiger partial charge >= 0.3 is 0 Å². The molecule has 0 N–H and O–H groups in total. The molecule has 590 valence electrons. The van der Waals surface area contributed by atoms with Crippen LogP contribution in [-0.4, -0.2) is 28.2 Å². The second kappa shape index (κ2) is 30.4. The van der Waals surface area contributed by atoms with Crippen LogP contribution < -0.4 is 47.7 Å². The van der Waals surface area contributed by atoms with Crippen molar-refractivity contribution in [3.63, 3.8) is 0 Å². The van der Waals surface area contributed by atoms with Gasteiger partial charge in [0.1, 0.15) is 16.9 Å². The predicted molar refractivity (Wildman–Crippen MR) is 527 cm³/mol. The number of fused-ring (bicyclic) bond motifs is 26. The third-order valence-electron chi connectivity index (χ3n) is 24.9. The topological polar surface area (TPSA) is 103 Å². The number of pyridine rings is 3. The van der Waals surface area contributed by atoms with Crippen LogP contribution in [0.4, 0.5) is 0 Å². The molecule has 0 spiro atoms. The van der Waals surface area contributed by atoms with Crippen molar-refractivity contribution in [2.24, 2.45) is 0 Å². The smallest absolute Gasteiger partial charge is 0.171 e. The molecule has 0 aliphatic carbocycles. The zero-order chi connectivity index (χ0) is 83.3. The molecule has 6 aromatic heterocycles. The van der Waals surface area contributed by atoms with E-state index in [1.54, 1.807) is 0 Å². The average Bonchev–Trinajstić information content (AvgIpc) is 1.61. The van der Waals surface area contributed by atoms with E-state index in [-0.39, 0.29) is 0 Å². The molecular formula is C113H75N6O3P3. The van der Waals surface area contributed by atoms with Crippen LogP contribution in [0, 0.1) is 0 Å². The lowest BCUT2D eigenvalue weighted by Crippen LogP contribution is -2.25. The van der Waals surface area contributed by atoms with Crippen molar-refractivity contribution in [2.75, 3.05) is 0 Å². The Hall–Kier alpha value is -15.2. The van der Waals surface area contributed by atoms with Gasteiger partial charge in [0, 0.05) is 80.1 Å². The molecule has 0 saturated heterocycles. The molecule has 0 aliphatic heterocycles. The second-order valence-electron chi connectivity index (χ2n) is 31.8. The summed E-state index contributed by atoms with van der Waals surface area (Å²) in [4.78, 5) is 15.1. The molecule has 25 aromatic rings. The first kappa shape index (κ1) is 74.8. The number of nitrogens with zero attached hydrogens (tertiary/aromatic N) is 6. The SMILES string of the molecule is O=P(c1ccccc1)(c1ccccc1)c1ccc(-c2ccc3c(c2)c2ccccc2n2c4ccccc4nc32)c2ccccc12.O=P(c1ccccc1)(c1ccccc1)c1ccc2c(c1)c1ccccc1c1nc3ccccc3n21.O=P(c1ccccc1)(c1ccccc1)c1ccc2ccc(-c3ccc4c(c3)c3ccccc3n3c5ccccc5nc43)cc2c1. The Kier molecular flexibility index (Phi) is 18.2. The molecule has 9 nitrogen and oxygen atoms in total. The number of aromatic nitrogens is 6. The number of hydrogen-bond donors (Lipinski definition) is 0. The van der Waals surface area contributed by atoms with Crippen molar-refractivity contribution in [3.05, 3.63) is 455 Å². The molecule has 0 atom stereocenters. The van der Waals surface area contributed by atoms with Crippen molar-refractivity contribution < 1.29 is 13.7 Å². The molecule has 0 amide bonds. The van der Waals surface area contributed by atoms with Crippen molar-refractivity contribution in [1.82, 2.24) is 28.2 Å². The Morgan fingerprint density at radius 3 is 0.960 bits per heavy atom. The van der Waals surface area contributed by atoms with E-state index in [0.717, 1.165) is 185 Å². The summed E-state index contributed by atoms with van der Waals surface area (Å²) in [7, 11) is -9.31. The van der Waals surface area contributed by atoms with Crippen LogP contribution in [0.25, 0.3) is 159 Å². The molecule has 0 unspecified atom stereocenters. The van der Waals surface area contributed by atoms with Gasteiger partial charge in [-0.05, 0) is 169 Å². The highest BCUT2D eigenvalue weighted by molar-refractivity contribution is 7.86. The van der Waals surface area contributed by atoms with Crippen LogP contribution in [0.2, 0.25) is 0 Å². The number of para-hydroxylation sites is 8. The molecule has 0 saturated carbocycles. The van der Waals surface area contributed by atoms with Gasteiger partial charge < -0.3 is 13.7 Å². The van der Waals surface area contributed by atoms with Crippen LogP contribution >= 0.6 is 21.4 Å². The maximum absolute atomic E-state index is 15.4. The molecule has 25 rings (SSSR count). The van der Waals surface area contributed by atoms with Gasteiger partial charge in [-0.3, -0.25) is 13.2 Å². The minimum Gasteiger partial charge on any atom is -0.309 e. The zero-order valence-corrected chi connectivity index (χ0v) is 70.2. The summed E-state index contributed by atoms with van der Waals surface area (Å²) in [6.07, 6.45) is 0. The minimum absolute atomic E-state index is 0.830. The fourth-order valence-electron chi connectivity index (χ4n) is 19.0. The monoisotopic (exact) mass is 1660 g/mol. The molecule has 12 heteroatoms. The summed E-state index contributed by atoms with van der Waals surface area (Å²) < 4.78 is 52.2. The third-order valence-corrected chi connectivity index (χ3v) is 34.1. The van der Waals surface area contributed by atoms with Crippen LogP contribution in [-0.2, 0) is 13.7 Å². The second-order valence-corrected chi connectivity index (χ2v) is 40.1. The maximum Gasteiger partial charge on any atom is 0.171 e. The minimum atomic E-state index is -3.16. The maximum atomic E-state index is 15.4. The standard InChI is InChI=1S/2C41H27N2OP.C31H21N2OP/c44-45(32-11-3-1-4-12-32,33-13-5-2-6-14-33)34-23-21-28-19-20-29(25-31(28)26-34)30-22-24-36-37(27-30)35-15-7-9-17-39(35)43-40-18-10-8-16-38(40)42-41(36)43;44-45(29-13-3-1-4-14-29,30-15-5-2-6-16-30)40-26-25-31(32-17-7-8-19-34(32)40)28-23-24-35-36(27-28)33-18-9-11-21-38(33)43-39-22-12-10-20-37(39)42-41(35)43;34-35(22-11-3-1-4-12-22,23-13-5-2-6-14-23)24-19-20-29-27(21-24)25-15-7-8-16-26(25)31-32-28-17-9-10-18-30(28)33(29)31/h2*1-27H;1-21H. The highest BCUT2D eigenvalue weighted by Crippen LogP contribution is 2.49. The van der Waals surface area contributed by atoms with E-state index < -0.39 is 21.4 Å². The van der Waals surface area contributed by atoms with Crippen LogP contribution in [0.5, 0.6) is 0 Å². The van der Waals surface area contributed by atoms with Gasteiger partial charge in [0.05, 0.1) is 49.7 Å². The third kappa shape index (κ3) is 12.3. The zero-order valence-electron chi connectivity index (χ0n) is 67.6. The highest BCUT2D eigenvalue weighted by Gasteiger charge is 2.35. The summed E-state index contributed by atoms with van der Waals surface area (Å²) in [6, 6.07) is 155. The molecule has 0 radical (unpaired) electrons. The van der Waals surface area contributed by atoms with Crippen molar-refractivity contribution in [1.29, 1.82) is 0 Å². The van der Waals surface area contributed by atoms with Gasteiger partial charge in [-0.2, -0.15) is 0 Å². The van der Waals surface area contributed by atoms with Crippen LogP contribution in [0.15, 0.2) is 455 Å². The lowest BCUT2D eigenvalue weighted by atomic mass is 9.95. The summed E-state index contributed by atoms with van der Waals surface area (Å²) in [6.45, 7) is 0. The van der Waals surface area contributed by atoms with E-state index in [9.17, 15) is 0 Å². The summed E-state index contributed by atoms with van der Waals surface area (Å²) >= 11 is 0. The Balaban J connectivity index is 0.000000109. The van der Waals surface area contributed by atoms with E-state index in [2.05, 4.69) is 244 Å². The van der Waals surface area contributed by atoms with E-state index in [1.807, 2.05) is 224 Å². The Morgan fingerprint density at radius 1 is 0.176 bits per heavy atom. The number of hydrogen-bond acceptors (Lipinski definition) is 6. The lowest BCUT2D eigenvalue weighted by molar-refractivity contribution is 0.591. The number of imidazole rings is 3. The predicted octanol–water partition coefficient (Wildman–Crippen LogP) is 24.9. The Labute approximate surface area is 719 Å². The van der Waals surface area contributed by atoms with Gasteiger partial charge in [-0.15, -0.1) is 0 Å². The first-order valence-electron chi connectivity index (χ1n) is 42.0. The van der Waals surface area contributed by atoms with Crippen molar-refractivity contribution in [2.45, 2.75) is 0 Å². The quantitative estimate of drug-likeness (QED) is 0.0944. The molecule has 0 fully saturated rings. The molecule has 6 heterocycles. The van der Waals surface area contributed by atoms with E-state index >= 15 is 13.7 Å². The fourth-order valence-corrected chi connectivity index (χ4v) is 27.2. The van der Waals surface area contributed by atoms with Gasteiger partial charge in [0.25, 0.3) is 0 Å². The lowest BCUT2D eigenvalue weighted by Gasteiger charge is -2.23. The summed E-state index contributed by atoms with van der Waals surface area (Å²) in [5, 5.41) is 22.1. The largest absolute Gasteiger partial charge is 0.309 e. The molecule has 0 aliphatic rings. The average molecular weight is 1660 g/mol. The van der Waals surface area contributed by atoms with Gasteiger partial charge in [-0.25, -0.2) is 15.0 Å². The first-order chi connectivity index (χ1) is 61.6. The fraction of sp³-hybridized carbons (Fsp3) is 0. The molecule has 19 aromatic carbocycles. The number of rotatable bonds is 11. The van der Waals surface area contributed by atoms with E-state index in [1.165, 1.54) is 21.5 Å². The number of benzene rings is 19. The van der Waals surface area contributed by atoms with E-state index in [4.69, 9.17) is 15.0 Å². The Morgan fingerprint density at radius 2 is 0.496 bits per heavy atom. The van der Waals surface area contributed by atoms with Crippen molar-refractivity contribution in [3.8, 4) is 22.3 Å². The molecule has 125 heavy (non-hydrogen) atoms. The highest BCUT2D eigenvalue weighted by atomic mass is 31.2.